The molecule has 0 unspecified atom stereocenters. The Bertz CT molecular complexity index is 149. The summed E-state index contributed by atoms with van der Waals surface area (Å²) in [5.74, 6) is 0. The van der Waals surface area contributed by atoms with Crippen LogP contribution in [0.3, 0.4) is 0 Å². The third-order valence-corrected chi connectivity index (χ3v) is 2.96. The van der Waals surface area contributed by atoms with Crippen LogP contribution in [0, 0.1) is 0 Å². The first-order chi connectivity index (χ1) is 7.31. The molecule has 1 heteroatoms. The minimum absolute atomic E-state index is 1.19. The second-order valence-electron chi connectivity index (χ2n) is 4.59. The van der Waals surface area contributed by atoms with Crippen LogP contribution >= 0.6 is 0 Å². The van der Waals surface area contributed by atoms with E-state index >= 15 is 0 Å². The Labute approximate surface area is 96.1 Å². The topological polar surface area (TPSA) is 26.0 Å². The summed E-state index contributed by atoms with van der Waals surface area (Å²) in [7, 11) is 0. The van der Waals surface area contributed by atoms with Crippen LogP contribution < -0.4 is 5.73 Å². The van der Waals surface area contributed by atoms with Gasteiger partial charge in [0.25, 0.3) is 0 Å². The van der Waals surface area contributed by atoms with Gasteiger partial charge in [0.1, 0.15) is 0 Å². The van der Waals surface area contributed by atoms with Crippen molar-refractivity contribution in [3.63, 3.8) is 0 Å². The molecule has 15 heavy (non-hydrogen) atoms. The van der Waals surface area contributed by atoms with Gasteiger partial charge in [-0.25, -0.2) is 0 Å². The summed E-state index contributed by atoms with van der Waals surface area (Å²) in [5.41, 5.74) is 6.75. The molecule has 0 rings (SSSR count). The minimum atomic E-state index is 1.19. The number of allylic oxidation sites excluding steroid dienone is 1. The first-order valence-electron chi connectivity index (χ1n) is 6.68. The Kier molecular flexibility index (Phi) is 11.3. The van der Waals surface area contributed by atoms with E-state index in [1.54, 1.807) is 6.20 Å². The van der Waals surface area contributed by atoms with E-state index < -0.39 is 0 Å². The molecule has 0 aliphatic carbocycles. The average Bonchev–Trinajstić information content (AvgIpc) is 2.26. The molecule has 2 N–H and O–H groups in total. The van der Waals surface area contributed by atoms with E-state index in [0.29, 0.717) is 0 Å². The van der Waals surface area contributed by atoms with E-state index in [1.807, 2.05) is 0 Å². The molecule has 0 saturated carbocycles. The van der Waals surface area contributed by atoms with Crippen molar-refractivity contribution < 1.29 is 0 Å². The van der Waals surface area contributed by atoms with Crippen LogP contribution in [0.25, 0.3) is 0 Å². The zero-order valence-corrected chi connectivity index (χ0v) is 10.7. The Morgan fingerprint density at radius 1 is 0.867 bits per heavy atom. The third kappa shape index (κ3) is 11.5. The van der Waals surface area contributed by atoms with Gasteiger partial charge in [0.05, 0.1) is 0 Å². The van der Waals surface area contributed by atoms with E-state index in [2.05, 4.69) is 13.8 Å². The molecule has 0 bridgehead atoms. The van der Waals surface area contributed by atoms with Crippen molar-refractivity contribution in [2.24, 2.45) is 5.73 Å². The van der Waals surface area contributed by atoms with E-state index in [-0.39, 0.29) is 0 Å². The second kappa shape index (κ2) is 11.6. The summed E-state index contributed by atoms with van der Waals surface area (Å²) in [6.07, 6.45) is 15.5. The first-order valence-corrected chi connectivity index (χ1v) is 6.68. The highest BCUT2D eigenvalue weighted by atomic mass is 14.5. The maximum Gasteiger partial charge on any atom is -0.00733 e. The molecule has 0 aromatic rings. The van der Waals surface area contributed by atoms with Gasteiger partial charge in [0.15, 0.2) is 0 Å². The Morgan fingerprint density at radius 3 is 1.80 bits per heavy atom. The van der Waals surface area contributed by atoms with Crippen molar-refractivity contribution in [2.45, 2.75) is 78.1 Å². The third-order valence-electron chi connectivity index (χ3n) is 2.96. The van der Waals surface area contributed by atoms with Gasteiger partial charge in [0.2, 0.25) is 0 Å². The fraction of sp³-hybridized carbons (Fsp3) is 0.857. The Hall–Kier alpha value is -0.460. The predicted octanol–water partition coefficient (Wildman–Crippen LogP) is 4.77. The molecule has 0 radical (unpaired) electrons. The van der Waals surface area contributed by atoms with Gasteiger partial charge < -0.3 is 5.73 Å². The van der Waals surface area contributed by atoms with E-state index in [9.17, 15) is 0 Å². The largest absolute Gasteiger partial charge is 0.405 e. The van der Waals surface area contributed by atoms with Crippen LogP contribution in [0.5, 0.6) is 0 Å². The molecule has 0 saturated heterocycles. The lowest BCUT2D eigenvalue weighted by Crippen LogP contribution is -1.86. The maximum atomic E-state index is 5.42. The zero-order chi connectivity index (χ0) is 11.4. The summed E-state index contributed by atoms with van der Waals surface area (Å²) >= 11 is 0. The molecule has 0 heterocycles. The van der Waals surface area contributed by atoms with Gasteiger partial charge in [0, 0.05) is 0 Å². The number of hydrogen-bond acceptors (Lipinski definition) is 1. The molecule has 0 aromatic heterocycles. The molecular weight excluding hydrogens is 182 g/mol. The number of nitrogens with two attached hydrogens (primary N) is 1. The predicted molar refractivity (Wildman–Crippen MR) is 69.8 cm³/mol. The van der Waals surface area contributed by atoms with Crippen molar-refractivity contribution in [1.29, 1.82) is 0 Å². The van der Waals surface area contributed by atoms with Gasteiger partial charge in [-0.2, -0.15) is 0 Å². The highest BCUT2D eigenvalue weighted by Gasteiger charge is 1.92. The van der Waals surface area contributed by atoms with Gasteiger partial charge >= 0.3 is 0 Å². The van der Waals surface area contributed by atoms with Gasteiger partial charge in [-0.1, -0.05) is 63.9 Å². The second-order valence-corrected chi connectivity index (χ2v) is 4.59. The molecule has 1 nitrogen and oxygen atoms in total. The minimum Gasteiger partial charge on any atom is -0.405 e. The lowest BCUT2D eigenvalue weighted by atomic mass is 10.0. The van der Waals surface area contributed by atoms with Crippen LogP contribution in [0.15, 0.2) is 11.8 Å². The SMILES string of the molecule is CCCCCCCCCCCC(C)=CN. The van der Waals surface area contributed by atoms with E-state index in [4.69, 9.17) is 5.73 Å². The van der Waals surface area contributed by atoms with Crippen molar-refractivity contribution >= 4 is 0 Å². The maximum absolute atomic E-state index is 5.42. The monoisotopic (exact) mass is 211 g/mol. The average molecular weight is 211 g/mol. The molecule has 0 aliphatic heterocycles. The van der Waals surface area contributed by atoms with Crippen molar-refractivity contribution in [2.75, 3.05) is 0 Å². The normalized spacial score (nSPS) is 12.0. The van der Waals surface area contributed by atoms with Crippen LogP contribution in [0.1, 0.15) is 78.1 Å². The molecule has 0 spiro atoms. The molecule has 0 aromatic carbocycles. The van der Waals surface area contributed by atoms with Crippen molar-refractivity contribution in [3.8, 4) is 0 Å². The zero-order valence-electron chi connectivity index (χ0n) is 10.7. The van der Waals surface area contributed by atoms with Gasteiger partial charge in [-0.3, -0.25) is 0 Å². The number of rotatable bonds is 10. The van der Waals surface area contributed by atoms with Crippen molar-refractivity contribution in [1.82, 2.24) is 0 Å². The number of unbranched alkanes of at least 4 members (excludes halogenated alkanes) is 8. The molecular formula is C14H29N. The Balaban J connectivity index is 2.99. The highest BCUT2D eigenvalue weighted by Crippen LogP contribution is 2.12. The van der Waals surface area contributed by atoms with Crippen molar-refractivity contribution in [3.05, 3.63) is 11.8 Å². The molecule has 90 valence electrons. The fourth-order valence-electron chi connectivity index (χ4n) is 1.80. The molecule has 0 amide bonds. The van der Waals surface area contributed by atoms with E-state index in [0.717, 1.165) is 0 Å². The summed E-state index contributed by atoms with van der Waals surface area (Å²) < 4.78 is 0. The smallest absolute Gasteiger partial charge is 0.00733 e. The molecule has 0 atom stereocenters. The lowest BCUT2D eigenvalue weighted by Gasteiger charge is -2.02. The Morgan fingerprint density at radius 2 is 1.33 bits per heavy atom. The summed E-state index contributed by atoms with van der Waals surface area (Å²) in [5, 5.41) is 0. The summed E-state index contributed by atoms with van der Waals surface area (Å²) in [6, 6.07) is 0. The van der Waals surface area contributed by atoms with Crippen LogP contribution in [0.4, 0.5) is 0 Å². The quantitative estimate of drug-likeness (QED) is 0.517. The van der Waals surface area contributed by atoms with Gasteiger partial charge in [-0.15, -0.1) is 0 Å². The summed E-state index contributed by atoms with van der Waals surface area (Å²) in [6.45, 7) is 4.39. The highest BCUT2D eigenvalue weighted by molar-refractivity contribution is 4.93. The fourth-order valence-corrected chi connectivity index (χ4v) is 1.80. The molecule has 0 fully saturated rings. The number of hydrogen-bond donors (Lipinski definition) is 1. The summed E-state index contributed by atoms with van der Waals surface area (Å²) in [4.78, 5) is 0. The first kappa shape index (κ1) is 14.5. The van der Waals surface area contributed by atoms with E-state index in [1.165, 1.54) is 69.8 Å². The molecule has 0 aliphatic rings. The lowest BCUT2D eigenvalue weighted by molar-refractivity contribution is 0.564. The van der Waals surface area contributed by atoms with Crippen LogP contribution in [-0.4, -0.2) is 0 Å². The van der Waals surface area contributed by atoms with Crippen LogP contribution in [-0.2, 0) is 0 Å². The van der Waals surface area contributed by atoms with Crippen LogP contribution in [0.2, 0.25) is 0 Å². The van der Waals surface area contributed by atoms with Gasteiger partial charge in [-0.05, 0) is 26.0 Å². The standard InChI is InChI=1S/C14H29N/c1-3-4-5-6-7-8-9-10-11-12-14(2)13-15/h13H,3-12,15H2,1-2H3.